The SMILES string of the molecule is O=C1CCCCC1C1(O)C(F)(F)C(F)(F)C1(Cl)Cl. The number of hydrogen-bond donors (Lipinski definition) is 1. The lowest BCUT2D eigenvalue weighted by Gasteiger charge is -2.61. The van der Waals surface area contributed by atoms with Crippen LogP contribution in [-0.4, -0.2) is 32.7 Å². The van der Waals surface area contributed by atoms with Gasteiger partial charge in [0.05, 0.1) is 5.92 Å². The molecule has 0 aliphatic heterocycles. The fourth-order valence-electron chi connectivity index (χ4n) is 2.67. The molecule has 1 N–H and O–H groups in total. The first-order valence-electron chi connectivity index (χ1n) is 5.40. The molecule has 0 heterocycles. The lowest BCUT2D eigenvalue weighted by Crippen LogP contribution is -2.88. The summed E-state index contributed by atoms with van der Waals surface area (Å²) in [6, 6.07) is 0. The van der Waals surface area contributed by atoms with Crippen LogP contribution in [0.25, 0.3) is 0 Å². The Morgan fingerprint density at radius 3 is 2.11 bits per heavy atom. The largest absolute Gasteiger partial charge is 0.379 e. The summed E-state index contributed by atoms with van der Waals surface area (Å²) in [5.41, 5.74) is -3.41. The van der Waals surface area contributed by atoms with Crippen LogP contribution >= 0.6 is 23.2 Å². The van der Waals surface area contributed by atoms with Crippen molar-refractivity contribution in [1.82, 2.24) is 0 Å². The number of rotatable bonds is 1. The number of aliphatic hydroxyl groups is 1. The number of carbonyl (C=O) groups is 1. The minimum Gasteiger partial charge on any atom is -0.379 e. The van der Waals surface area contributed by atoms with E-state index >= 15 is 0 Å². The number of ketones is 1. The first-order chi connectivity index (χ1) is 8.02. The van der Waals surface area contributed by atoms with Crippen LogP contribution in [0.5, 0.6) is 0 Å². The van der Waals surface area contributed by atoms with Gasteiger partial charge in [0, 0.05) is 6.42 Å². The van der Waals surface area contributed by atoms with Crippen LogP contribution in [0.3, 0.4) is 0 Å². The van der Waals surface area contributed by atoms with Gasteiger partial charge >= 0.3 is 11.8 Å². The van der Waals surface area contributed by atoms with E-state index in [0.29, 0.717) is 12.8 Å². The highest BCUT2D eigenvalue weighted by Gasteiger charge is 2.96. The minimum atomic E-state index is -4.82. The van der Waals surface area contributed by atoms with Crippen LogP contribution in [0.2, 0.25) is 0 Å². The zero-order chi connectivity index (χ0) is 14.0. The van der Waals surface area contributed by atoms with Gasteiger partial charge in [-0.1, -0.05) is 29.6 Å². The molecule has 0 aromatic carbocycles. The predicted molar refractivity (Wildman–Crippen MR) is 56.2 cm³/mol. The van der Waals surface area contributed by atoms with Crippen molar-refractivity contribution in [1.29, 1.82) is 0 Å². The average molecular weight is 309 g/mol. The van der Waals surface area contributed by atoms with Crippen LogP contribution in [0, 0.1) is 5.92 Å². The number of Topliss-reactive ketones (excluding diaryl/α,β-unsaturated/α-hetero) is 1. The molecule has 8 heteroatoms. The number of hydrogen-bond acceptors (Lipinski definition) is 2. The van der Waals surface area contributed by atoms with E-state index < -0.39 is 33.5 Å². The molecule has 0 bridgehead atoms. The highest BCUT2D eigenvalue weighted by Crippen LogP contribution is 2.72. The molecule has 0 aromatic rings. The van der Waals surface area contributed by atoms with Gasteiger partial charge < -0.3 is 5.11 Å². The second-order valence-electron chi connectivity index (χ2n) is 4.75. The van der Waals surface area contributed by atoms with Crippen LogP contribution in [-0.2, 0) is 4.79 Å². The first kappa shape index (κ1) is 14.3. The van der Waals surface area contributed by atoms with E-state index in [0.717, 1.165) is 0 Å². The van der Waals surface area contributed by atoms with Crippen LogP contribution in [0.4, 0.5) is 17.6 Å². The molecule has 2 saturated carbocycles. The van der Waals surface area contributed by atoms with Gasteiger partial charge in [-0.15, -0.1) is 0 Å². The molecule has 0 amide bonds. The molecule has 2 aliphatic carbocycles. The molecule has 2 fully saturated rings. The van der Waals surface area contributed by atoms with Gasteiger partial charge in [-0.3, -0.25) is 4.79 Å². The molecule has 104 valence electrons. The number of carbonyl (C=O) groups excluding carboxylic acids is 1. The maximum Gasteiger partial charge on any atom is 0.348 e. The van der Waals surface area contributed by atoms with Crippen molar-refractivity contribution in [3.8, 4) is 0 Å². The Morgan fingerprint density at radius 1 is 1.11 bits per heavy atom. The standard InChI is InChI=1S/C10H10Cl2F4O2/c11-8(12)7(18,9(13,14)10(8,15)16)5-3-1-2-4-6(5)17/h5,18H,1-4H2. The summed E-state index contributed by atoms with van der Waals surface area (Å²) in [7, 11) is 0. The van der Waals surface area contributed by atoms with E-state index in [1.807, 2.05) is 0 Å². The highest BCUT2D eigenvalue weighted by molar-refractivity contribution is 6.51. The van der Waals surface area contributed by atoms with Crippen molar-refractivity contribution in [2.75, 3.05) is 0 Å². The Bertz CT molecular complexity index is 379. The lowest BCUT2D eigenvalue weighted by molar-refractivity contribution is -0.396. The molecule has 2 unspecified atom stereocenters. The maximum absolute atomic E-state index is 13.5. The molecule has 2 aliphatic rings. The quantitative estimate of drug-likeness (QED) is 0.597. The zero-order valence-corrected chi connectivity index (χ0v) is 10.5. The van der Waals surface area contributed by atoms with E-state index in [-0.39, 0.29) is 12.8 Å². The van der Waals surface area contributed by atoms with Crippen molar-refractivity contribution in [2.45, 2.75) is 47.5 Å². The van der Waals surface area contributed by atoms with E-state index in [2.05, 4.69) is 0 Å². The molecule has 2 rings (SSSR count). The summed E-state index contributed by atoms with van der Waals surface area (Å²) in [5.74, 6) is -11.9. The Hall–Kier alpha value is -0.0700. The van der Waals surface area contributed by atoms with Crippen molar-refractivity contribution in [3.05, 3.63) is 0 Å². The normalized spacial score (nSPS) is 41.3. The van der Waals surface area contributed by atoms with Crippen molar-refractivity contribution in [3.63, 3.8) is 0 Å². The van der Waals surface area contributed by atoms with Crippen molar-refractivity contribution < 1.29 is 27.5 Å². The van der Waals surface area contributed by atoms with Gasteiger partial charge in [-0.2, -0.15) is 17.6 Å². The van der Waals surface area contributed by atoms with Gasteiger partial charge in [0.2, 0.25) is 4.33 Å². The number of halogens is 6. The highest BCUT2D eigenvalue weighted by atomic mass is 35.5. The number of alkyl halides is 6. The molecule has 2 nitrogen and oxygen atoms in total. The van der Waals surface area contributed by atoms with Crippen LogP contribution < -0.4 is 0 Å². The third-order valence-electron chi connectivity index (χ3n) is 3.80. The van der Waals surface area contributed by atoms with Gasteiger partial charge in [0.1, 0.15) is 5.78 Å². The Kier molecular flexibility index (Phi) is 2.97. The summed E-state index contributed by atoms with van der Waals surface area (Å²) in [5, 5.41) is 9.88. The minimum absolute atomic E-state index is 0.0432. The third-order valence-corrected chi connectivity index (χ3v) is 4.86. The second kappa shape index (κ2) is 3.73. The molecule has 18 heavy (non-hydrogen) atoms. The molecular formula is C10H10Cl2F4O2. The Balaban J connectivity index is 2.44. The van der Waals surface area contributed by atoms with Crippen LogP contribution in [0.1, 0.15) is 25.7 Å². The van der Waals surface area contributed by atoms with Crippen molar-refractivity contribution in [2.24, 2.45) is 5.92 Å². The maximum atomic E-state index is 13.5. The molecule has 0 spiro atoms. The van der Waals surface area contributed by atoms with Gasteiger partial charge in [-0.25, -0.2) is 0 Å². The summed E-state index contributed by atoms with van der Waals surface area (Å²) < 4.78 is 50.0. The predicted octanol–water partition coefficient (Wildman–Crippen LogP) is 2.93. The lowest BCUT2D eigenvalue weighted by atomic mass is 9.60. The molecule has 2 atom stereocenters. The zero-order valence-electron chi connectivity index (χ0n) is 9.03. The third kappa shape index (κ3) is 1.27. The van der Waals surface area contributed by atoms with Crippen molar-refractivity contribution >= 4 is 29.0 Å². The summed E-state index contributed by atoms with van der Waals surface area (Å²) in [6.07, 6.45) is 0.690. The van der Waals surface area contributed by atoms with E-state index in [4.69, 9.17) is 23.2 Å². The molecule has 0 saturated heterocycles. The van der Waals surface area contributed by atoms with E-state index in [1.54, 1.807) is 0 Å². The van der Waals surface area contributed by atoms with Crippen LogP contribution in [0.15, 0.2) is 0 Å². The fourth-order valence-corrected chi connectivity index (χ4v) is 3.41. The Morgan fingerprint density at radius 2 is 1.67 bits per heavy atom. The summed E-state index contributed by atoms with van der Waals surface area (Å²) >= 11 is 10.4. The summed E-state index contributed by atoms with van der Waals surface area (Å²) in [6.45, 7) is 0. The fraction of sp³-hybridized carbons (Fsp3) is 0.900. The molecule has 0 aromatic heterocycles. The van der Waals surface area contributed by atoms with Gasteiger partial charge in [-0.05, 0) is 12.8 Å². The van der Waals surface area contributed by atoms with Gasteiger partial charge in [0.15, 0.2) is 5.60 Å². The van der Waals surface area contributed by atoms with E-state index in [9.17, 15) is 27.5 Å². The first-order valence-corrected chi connectivity index (χ1v) is 6.16. The molecular weight excluding hydrogens is 299 g/mol. The second-order valence-corrected chi connectivity index (χ2v) is 6.08. The average Bonchev–Trinajstić information content (AvgIpc) is 2.27. The monoisotopic (exact) mass is 308 g/mol. The van der Waals surface area contributed by atoms with Gasteiger partial charge in [0.25, 0.3) is 0 Å². The smallest absolute Gasteiger partial charge is 0.348 e. The molecule has 0 radical (unpaired) electrons. The van der Waals surface area contributed by atoms with E-state index in [1.165, 1.54) is 0 Å². The summed E-state index contributed by atoms with van der Waals surface area (Å²) in [4.78, 5) is 11.6. The Labute approximate surface area is 110 Å². The topological polar surface area (TPSA) is 37.3 Å².